The van der Waals surface area contributed by atoms with Crippen LogP contribution in [0.4, 0.5) is 0 Å². The molecule has 0 aromatic carbocycles. The van der Waals surface area contributed by atoms with E-state index in [1.54, 1.807) is 12.2 Å². The smallest absolute Gasteiger partial charge is 0.320 e. The quantitative estimate of drug-likeness (QED) is 0.134. The number of carboxylic acid groups (broad SMARTS) is 1. The normalized spacial score (nSPS) is 13.6. The van der Waals surface area contributed by atoms with E-state index in [-0.39, 0.29) is 5.91 Å². The third-order valence-electron chi connectivity index (χ3n) is 4.67. The molecule has 0 saturated carbocycles. The molecule has 0 fully saturated rings. The largest absolute Gasteiger partial charge is 0.480 e. The van der Waals surface area contributed by atoms with E-state index in [4.69, 9.17) is 10.8 Å². The summed E-state index contributed by atoms with van der Waals surface area (Å²) in [6.45, 7) is 2.65. The summed E-state index contributed by atoms with van der Waals surface area (Å²) in [5.74, 6) is -1.24. The second-order valence-electron chi connectivity index (χ2n) is 7.61. The number of nitrogens with one attached hydrogen (secondary N) is 1. The number of allylic oxidation sites excluding steroid dienone is 11. The molecule has 0 saturated heterocycles. The molecule has 0 aliphatic rings. The van der Waals surface area contributed by atoms with Gasteiger partial charge in [-0.05, 0) is 25.7 Å². The fourth-order valence-corrected chi connectivity index (χ4v) is 2.77. The molecule has 32 heavy (non-hydrogen) atoms. The first-order valence-electron chi connectivity index (χ1n) is 11.8. The Bertz CT molecular complexity index is 658. The Kier molecular flexibility index (Phi) is 21.1. The number of aliphatic carboxylic acids is 1. The van der Waals surface area contributed by atoms with Crippen LogP contribution in [0.1, 0.15) is 71.1 Å². The lowest BCUT2D eigenvalue weighted by Crippen LogP contribution is -2.31. The number of amides is 1. The highest BCUT2D eigenvalue weighted by Gasteiger charge is 2.09. The molecule has 1 amide bonds. The standard InChI is InChI=1S/C27H42N2O3/c1-2-3-4-5-6-7-8-9-10-11-12-13-14-15-16-17-18-19-20-23-26(30)29-24-21-22-25(28)27(31)32/h10-20,23,25H,2-9,21-22,24,28H2,1H3,(H,29,30)(H,31,32)/t25-/m0/s1. The Morgan fingerprint density at radius 2 is 1.31 bits per heavy atom. The SMILES string of the molecule is CCCCCCCCCC=CC=CC=CC=CC=CC=CC(=O)NCCC[C@H](N)C(=O)O. The van der Waals surface area contributed by atoms with Gasteiger partial charge in [0.15, 0.2) is 0 Å². The van der Waals surface area contributed by atoms with Crippen LogP contribution in [0.5, 0.6) is 0 Å². The molecule has 0 bridgehead atoms. The lowest BCUT2D eigenvalue weighted by Gasteiger charge is -2.05. The number of hydrogen-bond donors (Lipinski definition) is 3. The lowest BCUT2D eigenvalue weighted by molar-refractivity contribution is -0.138. The van der Waals surface area contributed by atoms with Gasteiger partial charge < -0.3 is 16.2 Å². The summed E-state index contributed by atoms with van der Waals surface area (Å²) >= 11 is 0. The zero-order valence-electron chi connectivity index (χ0n) is 19.6. The first kappa shape index (κ1) is 29.3. The minimum absolute atomic E-state index is 0.215. The maximum atomic E-state index is 11.6. The molecular weight excluding hydrogens is 400 g/mol. The minimum atomic E-state index is -1.02. The van der Waals surface area contributed by atoms with Crippen molar-refractivity contribution in [2.24, 2.45) is 5.73 Å². The first-order chi connectivity index (χ1) is 15.6. The molecule has 5 nitrogen and oxygen atoms in total. The average Bonchev–Trinajstić information content (AvgIpc) is 2.78. The Morgan fingerprint density at radius 1 is 0.781 bits per heavy atom. The van der Waals surface area contributed by atoms with Gasteiger partial charge in [-0.2, -0.15) is 0 Å². The Labute approximate surface area is 194 Å². The monoisotopic (exact) mass is 442 g/mol. The van der Waals surface area contributed by atoms with E-state index in [2.05, 4.69) is 24.4 Å². The maximum absolute atomic E-state index is 11.6. The molecule has 0 aliphatic heterocycles. The second-order valence-corrected chi connectivity index (χ2v) is 7.61. The van der Waals surface area contributed by atoms with Crippen molar-refractivity contribution in [1.29, 1.82) is 0 Å². The van der Waals surface area contributed by atoms with Crippen molar-refractivity contribution in [1.82, 2.24) is 5.32 Å². The van der Waals surface area contributed by atoms with Gasteiger partial charge in [0.1, 0.15) is 6.04 Å². The number of carbonyl (C=O) groups excluding carboxylic acids is 1. The van der Waals surface area contributed by atoms with Crippen molar-refractivity contribution in [2.45, 2.75) is 77.2 Å². The van der Waals surface area contributed by atoms with E-state index < -0.39 is 12.0 Å². The number of rotatable bonds is 19. The van der Waals surface area contributed by atoms with Gasteiger partial charge >= 0.3 is 5.97 Å². The molecule has 0 rings (SSSR count). The van der Waals surface area contributed by atoms with Crippen molar-refractivity contribution >= 4 is 11.9 Å². The van der Waals surface area contributed by atoms with Crippen LogP contribution in [0.2, 0.25) is 0 Å². The molecule has 1 atom stereocenters. The molecule has 0 spiro atoms. The summed E-state index contributed by atoms with van der Waals surface area (Å²) in [5.41, 5.74) is 5.39. The number of nitrogens with two attached hydrogens (primary N) is 1. The highest BCUT2D eigenvalue weighted by Crippen LogP contribution is 2.08. The van der Waals surface area contributed by atoms with Gasteiger partial charge in [0.25, 0.3) is 0 Å². The Morgan fingerprint density at radius 3 is 1.91 bits per heavy atom. The molecule has 5 heteroatoms. The third-order valence-corrected chi connectivity index (χ3v) is 4.67. The molecule has 0 aromatic rings. The second kappa shape index (κ2) is 23.0. The first-order valence-corrected chi connectivity index (χ1v) is 11.8. The van der Waals surface area contributed by atoms with Crippen LogP contribution in [0.25, 0.3) is 0 Å². The lowest BCUT2D eigenvalue weighted by atomic mass is 10.1. The highest BCUT2D eigenvalue weighted by atomic mass is 16.4. The number of carbonyl (C=O) groups is 2. The number of carboxylic acids is 1. The summed E-state index contributed by atoms with van der Waals surface area (Å²) in [5, 5.41) is 11.4. The summed E-state index contributed by atoms with van der Waals surface area (Å²) < 4.78 is 0. The van der Waals surface area contributed by atoms with Crippen molar-refractivity contribution < 1.29 is 14.7 Å². The Hall–Kier alpha value is -2.66. The zero-order chi connectivity index (χ0) is 23.7. The summed E-state index contributed by atoms with van der Waals surface area (Å²) in [4.78, 5) is 22.2. The van der Waals surface area contributed by atoms with E-state index in [9.17, 15) is 9.59 Å². The van der Waals surface area contributed by atoms with Crippen LogP contribution in [-0.2, 0) is 9.59 Å². The van der Waals surface area contributed by atoms with E-state index in [0.29, 0.717) is 19.4 Å². The average molecular weight is 443 g/mol. The van der Waals surface area contributed by atoms with Crippen LogP contribution in [0, 0.1) is 0 Å². The van der Waals surface area contributed by atoms with E-state index >= 15 is 0 Å². The molecule has 0 unspecified atom stereocenters. The van der Waals surface area contributed by atoms with Crippen molar-refractivity contribution in [2.75, 3.05) is 6.54 Å². The highest BCUT2D eigenvalue weighted by molar-refractivity contribution is 5.87. The van der Waals surface area contributed by atoms with Crippen LogP contribution in [-0.4, -0.2) is 29.6 Å². The van der Waals surface area contributed by atoms with E-state index in [1.165, 1.54) is 51.0 Å². The third kappa shape index (κ3) is 22.0. The summed E-state index contributed by atoms with van der Waals surface area (Å²) in [6.07, 6.45) is 34.2. The minimum Gasteiger partial charge on any atom is -0.480 e. The van der Waals surface area contributed by atoms with Gasteiger partial charge in [0, 0.05) is 12.6 Å². The molecule has 0 heterocycles. The van der Waals surface area contributed by atoms with Crippen molar-refractivity contribution in [3.8, 4) is 0 Å². The molecule has 0 radical (unpaired) electrons. The summed E-state index contributed by atoms with van der Waals surface area (Å²) in [6, 6.07) is -0.877. The van der Waals surface area contributed by atoms with Crippen LogP contribution >= 0.6 is 0 Å². The Balaban J connectivity index is 3.74. The van der Waals surface area contributed by atoms with E-state index in [1.807, 2.05) is 42.5 Å². The fourth-order valence-electron chi connectivity index (χ4n) is 2.77. The predicted octanol–water partition coefficient (Wildman–Crippen LogP) is 5.77. The topological polar surface area (TPSA) is 92.4 Å². The summed E-state index contributed by atoms with van der Waals surface area (Å²) in [7, 11) is 0. The molecule has 0 aliphatic carbocycles. The van der Waals surface area contributed by atoms with Crippen LogP contribution < -0.4 is 11.1 Å². The fraction of sp³-hybridized carbons (Fsp3) is 0.481. The van der Waals surface area contributed by atoms with Gasteiger partial charge in [0.2, 0.25) is 5.91 Å². The maximum Gasteiger partial charge on any atom is 0.320 e. The van der Waals surface area contributed by atoms with Gasteiger partial charge in [-0.1, -0.05) is 112 Å². The van der Waals surface area contributed by atoms with Crippen LogP contribution in [0.15, 0.2) is 72.9 Å². The number of hydrogen-bond acceptors (Lipinski definition) is 3. The molecule has 178 valence electrons. The van der Waals surface area contributed by atoms with Gasteiger partial charge in [-0.3, -0.25) is 9.59 Å². The van der Waals surface area contributed by atoms with Crippen LogP contribution in [0.3, 0.4) is 0 Å². The van der Waals surface area contributed by atoms with Gasteiger partial charge in [0.05, 0.1) is 0 Å². The van der Waals surface area contributed by atoms with Crippen molar-refractivity contribution in [3.05, 3.63) is 72.9 Å². The molecular formula is C27H42N2O3. The van der Waals surface area contributed by atoms with Crippen molar-refractivity contribution in [3.63, 3.8) is 0 Å². The van der Waals surface area contributed by atoms with E-state index in [0.717, 1.165) is 6.42 Å². The zero-order valence-corrected chi connectivity index (χ0v) is 19.6. The molecule has 0 aromatic heterocycles. The predicted molar refractivity (Wildman–Crippen MR) is 135 cm³/mol. The molecule has 4 N–H and O–H groups in total. The number of unbranched alkanes of at least 4 members (excludes halogenated alkanes) is 7. The van der Waals surface area contributed by atoms with Gasteiger partial charge in [-0.25, -0.2) is 0 Å². The van der Waals surface area contributed by atoms with Gasteiger partial charge in [-0.15, -0.1) is 0 Å².